The van der Waals surface area contributed by atoms with Crippen LogP contribution in [0.4, 0.5) is 16.2 Å². The van der Waals surface area contributed by atoms with Crippen LogP contribution in [-0.4, -0.2) is 57.7 Å². The van der Waals surface area contributed by atoms with Crippen molar-refractivity contribution in [3.8, 4) is 0 Å². The summed E-state index contributed by atoms with van der Waals surface area (Å²) in [6.45, 7) is 4.32. The summed E-state index contributed by atoms with van der Waals surface area (Å²) in [6, 6.07) is 17.0. The van der Waals surface area contributed by atoms with E-state index in [9.17, 15) is 9.59 Å². The van der Waals surface area contributed by atoms with Crippen molar-refractivity contribution in [2.75, 3.05) is 42.6 Å². The quantitative estimate of drug-likeness (QED) is 0.352. The average Bonchev–Trinajstić information content (AvgIpc) is 3.13. The van der Waals surface area contributed by atoms with Crippen LogP contribution in [0, 0.1) is 0 Å². The summed E-state index contributed by atoms with van der Waals surface area (Å²) in [5, 5.41) is 0. The molecule has 1 atom stereocenters. The largest absolute Gasteiger partial charge is 0.442 e. The van der Waals surface area contributed by atoms with Crippen LogP contribution in [0.3, 0.4) is 0 Å². The Hall–Kier alpha value is -3.19. The predicted octanol–water partition coefficient (Wildman–Crippen LogP) is 3.13. The number of carbonyl (C=O) groups is 2. The lowest BCUT2D eigenvalue weighted by atomic mass is 10.2. The van der Waals surface area contributed by atoms with Crippen molar-refractivity contribution in [3.63, 3.8) is 0 Å². The normalized spacial score (nSPS) is 16.2. The van der Waals surface area contributed by atoms with Gasteiger partial charge in [0.25, 0.3) is 0 Å². The Balaban J connectivity index is 1.57. The van der Waals surface area contributed by atoms with Crippen LogP contribution in [0.25, 0.3) is 0 Å². The fraction of sp³-hybridized carbons (Fsp3) is 0.318. The number of anilines is 2. The van der Waals surface area contributed by atoms with E-state index in [2.05, 4.69) is 4.99 Å². The highest BCUT2D eigenvalue weighted by Gasteiger charge is 2.32. The molecule has 0 N–H and O–H groups in total. The van der Waals surface area contributed by atoms with E-state index >= 15 is 0 Å². The minimum absolute atomic E-state index is 0.292. The summed E-state index contributed by atoms with van der Waals surface area (Å²) < 4.78 is 10.7. The van der Waals surface area contributed by atoms with Crippen LogP contribution in [0.1, 0.15) is 12.5 Å². The fourth-order valence-corrected chi connectivity index (χ4v) is 3.02. The van der Waals surface area contributed by atoms with Gasteiger partial charge in [0.05, 0.1) is 19.7 Å². The first-order chi connectivity index (χ1) is 14.2. The summed E-state index contributed by atoms with van der Waals surface area (Å²) in [6.07, 6.45) is 1.88. The molecule has 0 aromatic heterocycles. The molecule has 29 heavy (non-hydrogen) atoms. The molecular formula is C22H25N3O4. The van der Waals surface area contributed by atoms with E-state index in [4.69, 9.17) is 9.47 Å². The topological polar surface area (TPSA) is 71.4 Å². The van der Waals surface area contributed by atoms with Crippen LogP contribution >= 0.6 is 0 Å². The molecule has 0 aliphatic carbocycles. The molecule has 7 heteroatoms. The fourth-order valence-electron chi connectivity index (χ4n) is 3.02. The van der Waals surface area contributed by atoms with E-state index in [1.54, 1.807) is 16.0 Å². The Kier molecular flexibility index (Phi) is 7.35. The highest BCUT2D eigenvalue weighted by molar-refractivity contribution is 5.90. The monoisotopic (exact) mass is 395 g/mol. The van der Waals surface area contributed by atoms with E-state index in [-0.39, 0.29) is 12.2 Å². The lowest BCUT2D eigenvalue weighted by Crippen LogP contribution is -2.27. The third-order valence-electron chi connectivity index (χ3n) is 4.52. The Morgan fingerprint density at radius 1 is 1.21 bits per heavy atom. The maximum Gasteiger partial charge on any atom is 0.414 e. The van der Waals surface area contributed by atoms with Gasteiger partial charge in [-0.05, 0) is 36.8 Å². The summed E-state index contributed by atoms with van der Waals surface area (Å²) in [7, 11) is 0. The number of benzene rings is 2. The van der Waals surface area contributed by atoms with Crippen LogP contribution in [0.15, 0.2) is 59.6 Å². The second kappa shape index (κ2) is 10.4. The van der Waals surface area contributed by atoms with Crippen molar-refractivity contribution in [2.24, 2.45) is 4.99 Å². The van der Waals surface area contributed by atoms with Gasteiger partial charge in [-0.15, -0.1) is 0 Å². The van der Waals surface area contributed by atoms with Crippen molar-refractivity contribution in [2.45, 2.75) is 13.0 Å². The van der Waals surface area contributed by atoms with E-state index in [1.807, 2.05) is 61.5 Å². The molecule has 1 unspecified atom stereocenters. The molecule has 152 valence electrons. The van der Waals surface area contributed by atoms with Gasteiger partial charge >= 0.3 is 6.09 Å². The standard InChI is InChI=1S/C22H25N3O4/c1-2-28-13-12-24(17-26)19-8-10-20(11-9-19)25-16-21(29-22(25)27)15-23-14-18-6-4-3-5-7-18/h3-11,14,17,21H,2,12-13,15-16H2,1H3. The van der Waals surface area contributed by atoms with E-state index in [0.29, 0.717) is 32.8 Å². The maximum atomic E-state index is 12.2. The van der Waals surface area contributed by atoms with Gasteiger partial charge in [-0.3, -0.25) is 14.7 Å². The van der Waals surface area contributed by atoms with Gasteiger partial charge in [0.2, 0.25) is 6.41 Å². The molecule has 2 amide bonds. The lowest BCUT2D eigenvalue weighted by Gasteiger charge is -2.19. The molecular weight excluding hydrogens is 370 g/mol. The molecule has 1 aliphatic rings. The summed E-state index contributed by atoms with van der Waals surface area (Å²) >= 11 is 0. The molecule has 3 rings (SSSR count). The predicted molar refractivity (Wildman–Crippen MR) is 113 cm³/mol. The number of amides is 2. The molecule has 0 bridgehead atoms. The number of hydrogen-bond donors (Lipinski definition) is 0. The molecule has 1 aliphatic heterocycles. The zero-order chi connectivity index (χ0) is 20.5. The molecule has 1 heterocycles. The Morgan fingerprint density at radius 2 is 1.97 bits per heavy atom. The zero-order valence-corrected chi connectivity index (χ0v) is 16.4. The van der Waals surface area contributed by atoms with E-state index in [1.165, 1.54) is 0 Å². The SMILES string of the molecule is CCOCCN(C=O)c1ccc(N2CC(CN=Cc3ccccc3)OC2=O)cc1. The van der Waals surface area contributed by atoms with Gasteiger partial charge in [0.1, 0.15) is 6.10 Å². The van der Waals surface area contributed by atoms with Crippen LogP contribution in [0.5, 0.6) is 0 Å². The van der Waals surface area contributed by atoms with Crippen molar-refractivity contribution < 1.29 is 19.1 Å². The number of hydrogen-bond acceptors (Lipinski definition) is 5. The van der Waals surface area contributed by atoms with Crippen molar-refractivity contribution in [3.05, 3.63) is 60.2 Å². The smallest absolute Gasteiger partial charge is 0.414 e. The van der Waals surface area contributed by atoms with E-state index in [0.717, 1.165) is 23.3 Å². The molecule has 0 radical (unpaired) electrons. The van der Waals surface area contributed by atoms with Crippen molar-refractivity contribution in [1.82, 2.24) is 0 Å². The minimum atomic E-state index is -0.388. The van der Waals surface area contributed by atoms with Gasteiger partial charge in [-0.2, -0.15) is 0 Å². The van der Waals surface area contributed by atoms with Gasteiger partial charge in [-0.25, -0.2) is 4.79 Å². The third-order valence-corrected chi connectivity index (χ3v) is 4.52. The second-order valence-electron chi connectivity index (χ2n) is 6.53. The molecule has 0 saturated carbocycles. The maximum absolute atomic E-state index is 12.2. The van der Waals surface area contributed by atoms with Crippen LogP contribution < -0.4 is 9.80 Å². The first-order valence-electron chi connectivity index (χ1n) is 9.64. The number of rotatable bonds is 10. The van der Waals surface area contributed by atoms with Crippen molar-refractivity contribution >= 4 is 30.1 Å². The number of cyclic esters (lactones) is 1. The van der Waals surface area contributed by atoms with Gasteiger partial charge in [-0.1, -0.05) is 30.3 Å². The van der Waals surface area contributed by atoms with Crippen molar-refractivity contribution in [1.29, 1.82) is 0 Å². The summed E-state index contributed by atoms with van der Waals surface area (Å²) in [5.74, 6) is 0. The molecule has 2 aromatic rings. The molecule has 7 nitrogen and oxygen atoms in total. The number of aliphatic imine (C=N–C) groups is 1. The molecule has 2 aromatic carbocycles. The first-order valence-corrected chi connectivity index (χ1v) is 9.64. The zero-order valence-electron chi connectivity index (χ0n) is 16.4. The summed E-state index contributed by atoms with van der Waals surface area (Å²) in [5.41, 5.74) is 2.48. The Bertz CT molecular complexity index is 824. The second-order valence-corrected chi connectivity index (χ2v) is 6.53. The average molecular weight is 395 g/mol. The molecule has 1 saturated heterocycles. The van der Waals surface area contributed by atoms with Gasteiger partial charge < -0.3 is 14.4 Å². The Labute approximate surface area is 170 Å². The first kappa shape index (κ1) is 20.5. The van der Waals surface area contributed by atoms with Gasteiger partial charge in [0, 0.05) is 30.7 Å². The minimum Gasteiger partial charge on any atom is -0.442 e. The number of carbonyl (C=O) groups excluding carboxylic acids is 2. The lowest BCUT2D eigenvalue weighted by molar-refractivity contribution is -0.107. The summed E-state index contributed by atoms with van der Waals surface area (Å²) in [4.78, 5) is 31.1. The highest BCUT2D eigenvalue weighted by Crippen LogP contribution is 2.24. The van der Waals surface area contributed by atoms with E-state index < -0.39 is 0 Å². The van der Waals surface area contributed by atoms with Crippen LogP contribution in [-0.2, 0) is 14.3 Å². The molecule has 1 fully saturated rings. The van der Waals surface area contributed by atoms with Crippen LogP contribution in [0.2, 0.25) is 0 Å². The number of nitrogens with zero attached hydrogens (tertiary/aromatic N) is 3. The third kappa shape index (κ3) is 5.65. The van der Waals surface area contributed by atoms with Gasteiger partial charge in [0.15, 0.2) is 0 Å². The Morgan fingerprint density at radius 3 is 2.66 bits per heavy atom. The molecule has 0 spiro atoms. The number of ether oxygens (including phenoxy) is 2. The highest BCUT2D eigenvalue weighted by atomic mass is 16.6.